The molecule has 1 unspecified atom stereocenters. The monoisotopic (exact) mass is 617 g/mol. The molecule has 0 saturated carbocycles. The zero-order chi connectivity index (χ0) is 30.1. The van der Waals surface area contributed by atoms with E-state index in [1.807, 2.05) is 0 Å². The summed E-state index contributed by atoms with van der Waals surface area (Å²) in [7, 11) is -3.50. The number of nitrogens with two attached hydrogens (primary N) is 2. The summed E-state index contributed by atoms with van der Waals surface area (Å²) < 4.78 is 23.8. The number of sulfone groups is 1. The first-order valence-corrected chi connectivity index (χ1v) is 15.0. The van der Waals surface area contributed by atoms with Crippen LogP contribution in [0.25, 0.3) is 0 Å². The number of aliphatic carboxylic acids is 1. The lowest BCUT2D eigenvalue weighted by atomic mass is 9.95. The highest BCUT2D eigenvalue weighted by Crippen LogP contribution is 2.35. The molecule has 0 radical (unpaired) electrons. The number of halogens is 2. The third-order valence-electron chi connectivity index (χ3n) is 6.80. The van der Waals surface area contributed by atoms with Crippen molar-refractivity contribution in [3.8, 4) is 0 Å². The zero-order valence-electron chi connectivity index (χ0n) is 21.9. The van der Waals surface area contributed by atoms with Gasteiger partial charge in [0, 0.05) is 37.0 Å². The Balaban J connectivity index is 1.54. The summed E-state index contributed by atoms with van der Waals surface area (Å²) in [5.41, 5.74) is 8.96. The number of hydrogen-bond acceptors (Lipinski definition) is 6. The fourth-order valence-corrected chi connectivity index (χ4v) is 6.10. The zero-order valence-corrected chi connectivity index (χ0v) is 24.2. The van der Waals surface area contributed by atoms with Crippen molar-refractivity contribution < 1.29 is 33.3 Å². The fourth-order valence-electron chi connectivity index (χ4n) is 4.64. The number of nitrogens with one attached hydrogen (secondary N) is 1. The summed E-state index contributed by atoms with van der Waals surface area (Å²) in [6.45, 7) is 0.502. The second-order valence-corrected chi connectivity index (χ2v) is 12.5. The van der Waals surface area contributed by atoms with Gasteiger partial charge < -0.3 is 21.1 Å². The first-order chi connectivity index (χ1) is 19.3. The van der Waals surface area contributed by atoms with Gasteiger partial charge in [-0.3, -0.25) is 15.0 Å². The van der Waals surface area contributed by atoms with Crippen LogP contribution in [0.1, 0.15) is 43.0 Å². The molecule has 0 bridgehead atoms. The molecule has 0 spiro atoms. The average Bonchev–Trinajstić information content (AvgIpc) is 2.91. The maximum Gasteiger partial charge on any atom is 0.326 e. The van der Waals surface area contributed by atoms with Gasteiger partial charge in [0.25, 0.3) is 11.8 Å². The Morgan fingerprint density at radius 3 is 2.54 bits per heavy atom. The molecule has 41 heavy (non-hydrogen) atoms. The molecular weight excluding hydrogens is 591 g/mol. The van der Waals surface area contributed by atoms with E-state index in [0.29, 0.717) is 46.5 Å². The van der Waals surface area contributed by atoms with Gasteiger partial charge in [-0.1, -0.05) is 35.3 Å². The van der Waals surface area contributed by atoms with Crippen molar-refractivity contribution in [2.75, 3.05) is 18.5 Å². The van der Waals surface area contributed by atoms with E-state index in [4.69, 9.17) is 34.3 Å². The quantitative estimate of drug-likeness (QED) is 0.220. The summed E-state index contributed by atoms with van der Waals surface area (Å²) >= 11 is 13.1. The molecule has 1 aliphatic heterocycles. The van der Waals surface area contributed by atoms with Gasteiger partial charge in [0.15, 0.2) is 16.1 Å². The molecule has 10 nitrogen and oxygen atoms in total. The minimum Gasteiger partial charge on any atom is -0.480 e. The highest BCUT2D eigenvalue weighted by atomic mass is 35.5. The highest BCUT2D eigenvalue weighted by molar-refractivity contribution is 7.90. The van der Waals surface area contributed by atoms with Gasteiger partial charge in [-0.2, -0.15) is 0 Å². The first-order valence-electron chi connectivity index (χ1n) is 12.4. The molecule has 6 N–H and O–H groups in total. The third-order valence-corrected chi connectivity index (χ3v) is 8.63. The van der Waals surface area contributed by atoms with Crippen LogP contribution in [0.15, 0.2) is 53.4 Å². The summed E-state index contributed by atoms with van der Waals surface area (Å²) in [4.78, 5) is 40.0. The van der Waals surface area contributed by atoms with Crippen LogP contribution in [0.5, 0.6) is 0 Å². The van der Waals surface area contributed by atoms with Gasteiger partial charge in [0.2, 0.25) is 0 Å². The third kappa shape index (κ3) is 6.53. The molecule has 2 amide bonds. The molecule has 1 heterocycles. The normalized spacial score (nSPS) is 13.7. The number of nitrogens with zero attached hydrogens (tertiary/aromatic N) is 1. The molecular formula is C28H27Cl2N4O6S+. The Morgan fingerprint density at radius 2 is 1.90 bits per heavy atom. The topological polar surface area (TPSA) is 172 Å². The van der Waals surface area contributed by atoms with Crippen LogP contribution < -0.4 is 16.5 Å². The summed E-state index contributed by atoms with van der Waals surface area (Å²) in [5.74, 6) is -2.36. The Kier molecular flexibility index (Phi) is 8.71. The predicted molar refractivity (Wildman–Crippen MR) is 155 cm³/mol. The second-order valence-electron chi connectivity index (χ2n) is 9.66. The van der Waals surface area contributed by atoms with E-state index < -0.39 is 27.8 Å². The fraction of sp³-hybridized carbons (Fsp3) is 0.214. The van der Waals surface area contributed by atoms with Crippen LogP contribution in [0.4, 0.5) is 5.69 Å². The molecule has 214 valence electrons. The summed E-state index contributed by atoms with van der Waals surface area (Å²) in [6, 6.07) is 10.8. The highest BCUT2D eigenvalue weighted by Gasteiger charge is 2.30. The Bertz CT molecular complexity index is 1690. The van der Waals surface area contributed by atoms with Crippen LogP contribution in [0.3, 0.4) is 0 Å². The summed E-state index contributed by atoms with van der Waals surface area (Å²) in [6.07, 6.45) is 2.57. The van der Waals surface area contributed by atoms with Crippen molar-refractivity contribution in [3.05, 3.63) is 92.0 Å². The lowest BCUT2D eigenvalue weighted by Gasteiger charge is -2.30. The van der Waals surface area contributed by atoms with Crippen molar-refractivity contribution in [3.63, 3.8) is 0 Å². The van der Waals surface area contributed by atoms with E-state index in [-0.39, 0.29) is 39.4 Å². The van der Waals surface area contributed by atoms with Crippen LogP contribution >= 0.6 is 23.2 Å². The lowest BCUT2D eigenvalue weighted by molar-refractivity contribution is -0.139. The van der Waals surface area contributed by atoms with Crippen molar-refractivity contribution in [1.29, 1.82) is 0 Å². The summed E-state index contributed by atoms with van der Waals surface area (Å²) in [5, 5.41) is 17.8. The van der Waals surface area contributed by atoms with Crippen LogP contribution in [0.2, 0.25) is 10.0 Å². The average molecular weight is 619 g/mol. The second kappa shape index (κ2) is 11.9. The molecule has 3 aromatic rings. The van der Waals surface area contributed by atoms with Gasteiger partial charge in [-0.05, 0) is 59.5 Å². The van der Waals surface area contributed by atoms with E-state index in [9.17, 15) is 27.9 Å². The molecule has 13 heteroatoms. The van der Waals surface area contributed by atoms with Crippen molar-refractivity contribution in [2.45, 2.75) is 30.3 Å². The number of carbonyl (C=O) groups is 3. The maximum absolute atomic E-state index is 13.2. The minimum atomic E-state index is -3.50. The van der Waals surface area contributed by atoms with E-state index in [2.05, 4.69) is 5.32 Å². The molecule has 0 aromatic heterocycles. The number of nitrogen functional groups attached to an aromatic ring is 1. The van der Waals surface area contributed by atoms with Crippen LogP contribution in [-0.4, -0.2) is 61.3 Å². The standard InChI is InChI=1S/C28H26Cl2N4O6S/c1-41(39,40)19-4-2-3-15(9-19)10-23(28(37)38)33-26(35)24-21(29)11-18-14-34(8-7-20(18)25(24)30)27(36)16-5-6-17(13-31)22(32)12-16/h2-6,9,11-13,23,31H,7-8,10,14,32H2,1H3,(H,33,35)(H,37,38)/p+1. The van der Waals surface area contributed by atoms with Crippen LogP contribution in [-0.2, 0) is 34.0 Å². The molecule has 0 saturated heterocycles. The number of carbonyl (C=O) groups excluding carboxylic acids is 2. The molecule has 0 fully saturated rings. The van der Waals surface area contributed by atoms with E-state index in [1.54, 1.807) is 35.2 Å². The minimum absolute atomic E-state index is 0.00385. The first kappa shape index (κ1) is 30.0. The number of amides is 2. The van der Waals surface area contributed by atoms with Crippen molar-refractivity contribution in [1.82, 2.24) is 10.2 Å². The Hall–Kier alpha value is -3.93. The number of anilines is 1. The number of carboxylic acid groups (broad SMARTS) is 1. The van der Waals surface area contributed by atoms with E-state index >= 15 is 0 Å². The van der Waals surface area contributed by atoms with Crippen molar-refractivity contribution >= 4 is 62.7 Å². The largest absolute Gasteiger partial charge is 0.480 e. The number of fused-ring (bicyclic) bond motifs is 1. The van der Waals surface area contributed by atoms with Crippen LogP contribution in [0, 0.1) is 0 Å². The number of hydrogen-bond donors (Lipinski definition) is 4. The van der Waals surface area contributed by atoms with Crippen molar-refractivity contribution in [2.24, 2.45) is 0 Å². The molecule has 0 aliphatic carbocycles. The van der Waals surface area contributed by atoms with E-state index in [1.165, 1.54) is 24.4 Å². The van der Waals surface area contributed by atoms with Gasteiger partial charge in [0.05, 0.1) is 26.1 Å². The van der Waals surface area contributed by atoms with Gasteiger partial charge in [0.1, 0.15) is 6.04 Å². The lowest BCUT2D eigenvalue weighted by Crippen LogP contribution is -2.42. The maximum atomic E-state index is 13.2. The Morgan fingerprint density at radius 1 is 1.17 bits per heavy atom. The number of benzene rings is 3. The van der Waals surface area contributed by atoms with E-state index in [0.717, 1.165) is 6.26 Å². The molecule has 3 aromatic carbocycles. The molecule has 1 aliphatic rings. The number of rotatable bonds is 8. The SMILES string of the molecule is CS(=O)(=O)c1cccc(CC(NC(=O)c2c(Cl)cc3c(c2Cl)CCN(C(=O)c2ccc(C=[NH2+])c(N)c2)C3)C(=O)O)c1. The predicted octanol–water partition coefficient (Wildman–Crippen LogP) is 1.78. The van der Waals surface area contributed by atoms with Gasteiger partial charge in [-0.15, -0.1) is 0 Å². The molecule has 1 atom stereocenters. The van der Waals surface area contributed by atoms with Gasteiger partial charge >= 0.3 is 5.97 Å². The smallest absolute Gasteiger partial charge is 0.326 e. The molecule has 4 rings (SSSR count). The number of carboxylic acids is 1. The van der Waals surface area contributed by atoms with Gasteiger partial charge in [-0.25, -0.2) is 13.2 Å². The Labute approximate surface area is 246 Å².